The van der Waals surface area contributed by atoms with Gasteiger partial charge in [0, 0.05) is 14.6 Å². The second-order valence-corrected chi connectivity index (χ2v) is 15.5. The van der Waals surface area contributed by atoms with Crippen LogP contribution in [0.2, 0.25) is 0 Å². The van der Waals surface area contributed by atoms with Crippen molar-refractivity contribution < 1.29 is 24.5 Å². The third-order valence-corrected chi connectivity index (χ3v) is 11.9. The van der Waals surface area contributed by atoms with Gasteiger partial charge in [-0.05, 0) is 103 Å². The van der Waals surface area contributed by atoms with E-state index in [-0.39, 0.29) is 11.8 Å². The molecule has 2 aliphatic rings. The minimum Gasteiger partial charge on any atom is -0.494 e. The highest BCUT2D eigenvalue weighted by molar-refractivity contribution is 7.15. The number of fused-ring (bicyclic) bond motifs is 1. The predicted octanol–water partition coefficient (Wildman–Crippen LogP) is 11.6. The van der Waals surface area contributed by atoms with E-state index in [0.717, 1.165) is 35.3 Å². The Kier molecular flexibility index (Phi) is 9.05. The van der Waals surface area contributed by atoms with E-state index in [1.54, 1.807) is 30.3 Å². The summed E-state index contributed by atoms with van der Waals surface area (Å²) in [5.41, 5.74) is 8.81. The van der Waals surface area contributed by atoms with Gasteiger partial charge >= 0.3 is 5.97 Å². The molecule has 4 heterocycles. The van der Waals surface area contributed by atoms with Gasteiger partial charge in [-0.15, -0.1) is 29.3 Å². The number of thiophene rings is 2. The van der Waals surface area contributed by atoms with Gasteiger partial charge < -0.3 is 19.7 Å². The summed E-state index contributed by atoms with van der Waals surface area (Å²) >= 11 is 3.28. The number of aromatic nitrogens is 1. The summed E-state index contributed by atoms with van der Waals surface area (Å²) < 4.78 is 13.3. The molecule has 3 aromatic carbocycles. The molecule has 0 saturated heterocycles. The normalized spacial score (nSPS) is 16.9. The largest absolute Gasteiger partial charge is 0.494 e. The number of carbonyl (C=O) groups excluding carboxylic acids is 1. The second kappa shape index (κ2) is 14.0. The Balaban J connectivity index is 1.02. The molecule has 8 heteroatoms. The smallest absolute Gasteiger partial charge is 0.353 e. The fourth-order valence-corrected chi connectivity index (χ4v) is 9.30. The third kappa shape index (κ3) is 6.13. The lowest BCUT2D eigenvalue weighted by atomic mass is 9.97. The molecule has 3 aromatic heterocycles. The molecule has 0 amide bonds. The van der Waals surface area contributed by atoms with Gasteiger partial charge in [0.25, 0.3) is 0 Å². The van der Waals surface area contributed by atoms with Crippen molar-refractivity contribution in [3.63, 3.8) is 0 Å². The Morgan fingerprint density at radius 2 is 1.44 bits per heavy atom. The van der Waals surface area contributed by atoms with Gasteiger partial charge in [-0.25, -0.2) is 4.79 Å². The Morgan fingerprint density at radius 3 is 2.12 bits per heavy atom. The molecule has 6 nitrogen and oxygen atoms in total. The number of carbonyl (C=O) groups is 1. The summed E-state index contributed by atoms with van der Waals surface area (Å²) in [5, 5.41) is 22.7. The maximum atomic E-state index is 13.4. The van der Waals surface area contributed by atoms with Gasteiger partial charge in [0.05, 0.1) is 16.8 Å². The SMILES string of the molecule is C=CC1OC(C=Cc2ccccc2)c2c1c(O)n(-c1ccc(OC(=O)c3cc(C4=C(c5cc(-c6ccccc6)sc5C)CCC4)c(C)s3)cc1)c2O. The molecule has 52 heavy (non-hydrogen) atoms. The minimum atomic E-state index is -0.593. The first-order valence-corrected chi connectivity index (χ1v) is 18.9. The van der Waals surface area contributed by atoms with Crippen LogP contribution in [-0.2, 0) is 4.74 Å². The first kappa shape index (κ1) is 33.7. The van der Waals surface area contributed by atoms with Gasteiger partial charge in [0.15, 0.2) is 0 Å². The van der Waals surface area contributed by atoms with Crippen molar-refractivity contribution >= 4 is 45.9 Å². The van der Waals surface area contributed by atoms with Crippen molar-refractivity contribution in [3.8, 4) is 33.6 Å². The molecular weight excluding hydrogens is 687 g/mol. The lowest BCUT2D eigenvalue weighted by Gasteiger charge is -2.14. The fourth-order valence-electron chi connectivity index (χ4n) is 7.33. The lowest BCUT2D eigenvalue weighted by Crippen LogP contribution is -2.06. The summed E-state index contributed by atoms with van der Waals surface area (Å²) in [5.74, 6) is -0.316. The van der Waals surface area contributed by atoms with Crippen LogP contribution in [0.3, 0.4) is 0 Å². The van der Waals surface area contributed by atoms with E-state index in [1.807, 2.05) is 66.0 Å². The van der Waals surface area contributed by atoms with E-state index in [4.69, 9.17) is 9.47 Å². The van der Waals surface area contributed by atoms with Crippen molar-refractivity contribution in [1.82, 2.24) is 4.57 Å². The van der Waals surface area contributed by atoms with Gasteiger partial charge in [0.2, 0.25) is 11.8 Å². The zero-order valence-electron chi connectivity index (χ0n) is 28.8. The molecule has 0 bridgehead atoms. The lowest BCUT2D eigenvalue weighted by molar-refractivity contribution is 0.0647. The van der Waals surface area contributed by atoms with Crippen LogP contribution in [0.25, 0.3) is 33.4 Å². The average molecular weight is 724 g/mol. The highest BCUT2D eigenvalue weighted by Gasteiger charge is 2.39. The van der Waals surface area contributed by atoms with E-state index in [2.05, 4.69) is 50.8 Å². The van der Waals surface area contributed by atoms with Gasteiger partial charge in [-0.2, -0.15) is 0 Å². The number of hydrogen-bond donors (Lipinski definition) is 2. The molecule has 1 aliphatic heterocycles. The maximum absolute atomic E-state index is 13.4. The average Bonchev–Trinajstić information content (AvgIpc) is 3.99. The van der Waals surface area contributed by atoms with Crippen LogP contribution in [0.1, 0.15) is 78.7 Å². The molecule has 0 radical (unpaired) electrons. The number of nitrogens with zero attached hydrogens (tertiary/aromatic N) is 1. The van der Waals surface area contributed by atoms with E-state index >= 15 is 0 Å². The van der Waals surface area contributed by atoms with E-state index in [1.165, 1.54) is 47.9 Å². The summed E-state index contributed by atoms with van der Waals surface area (Å²) in [6.45, 7) is 8.14. The van der Waals surface area contributed by atoms with Crippen molar-refractivity contribution in [3.05, 3.63) is 158 Å². The minimum absolute atomic E-state index is 0.125. The standard InChI is InChI=1S/C44H37NO5S2/c1-4-36-40-41(37(50-36)23-18-28-12-7-5-8-13-28)43(47)45(42(40)46)30-19-21-31(22-20-30)49-44(48)39-25-35(27(3)52-39)33-17-11-16-32(33)34-24-38(51-26(34)2)29-14-9-6-10-15-29/h4-10,12-15,18-25,36-37,46-47H,1,11,16-17H2,2-3H3. The molecule has 260 valence electrons. The molecule has 0 spiro atoms. The zero-order chi connectivity index (χ0) is 35.9. The monoisotopic (exact) mass is 723 g/mol. The Morgan fingerprint density at radius 1 is 0.827 bits per heavy atom. The summed E-state index contributed by atoms with van der Waals surface area (Å²) in [4.78, 5) is 17.7. The molecule has 2 unspecified atom stereocenters. The first-order valence-electron chi connectivity index (χ1n) is 17.3. The quantitative estimate of drug-likeness (QED) is 0.0882. The number of rotatable bonds is 9. The summed E-state index contributed by atoms with van der Waals surface area (Å²) in [7, 11) is 0. The van der Waals surface area contributed by atoms with Crippen LogP contribution >= 0.6 is 22.7 Å². The van der Waals surface area contributed by atoms with Gasteiger partial charge in [0.1, 0.15) is 22.8 Å². The maximum Gasteiger partial charge on any atom is 0.353 e. The second-order valence-electron chi connectivity index (χ2n) is 13.0. The third-order valence-electron chi connectivity index (χ3n) is 9.80. The molecule has 0 saturated carbocycles. The molecule has 0 fully saturated rings. The van der Waals surface area contributed by atoms with Crippen molar-refractivity contribution in [1.29, 1.82) is 0 Å². The molecule has 6 aromatic rings. The molecule has 2 N–H and O–H groups in total. The van der Waals surface area contributed by atoms with E-state index in [9.17, 15) is 15.0 Å². The Bertz CT molecular complexity index is 2360. The molecule has 8 rings (SSSR count). The zero-order valence-corrected chi connectivity index (χ0v) is 30.5. The fraction of sp³-hybridized carbons (Fsp3) is 0.159. The topological polar surface area (TPSA) is 80.9 Å². The van der Waals surface area contributed by atoms with Gasteiger partial charge in [-0.1, -0.05) is 78.9 Å². The summed E-state index contributed by atoms with van der Waals surface area (Å²) in [6.07, 6.45) is 7.29. The first-order chi connectivity index (χ1) is 25.3. The Labute approximate surface area is 310 Å². The number of allylic oxidation sites excluding steroid dienone is 2. The van der Waals surface area contributed by atoms with E-state index in [0.29, 0.717) is 27.4 Å². The number of hydrogen-bond acceptors (Lipinski definition) is 7. The van der Waals surface area contributed by atoms with Crippen molar-refractivity contribution in [2.45, 2.75) is 45.3 Å². The van der Waals surface area contributed by atoms with Crippen LogP contribution in [0, 0.1) is 13.8 Å². The van der Waals surface area contributed by atoms with Crippen molar-refractivity contribution in [2.75, 3.05) is 0 Å². The predicted molar refractivity (Wildman–Crippen MR) is 211 cm³/mol. The van der Waals surface area contributed by atoms with Crippen LogP contribution in [0.4, 0.5) is 0 Å². The summed E-state index contributed by atoms with van der Waals surface area (Å²) in [6, 6.07) is 31.3. The Hall–Kier alpha value is -5.41. The molecular formula is C44H37NO5S2. The van der Waals surface area contributed by atoms with E-state index < -0.39 is 18.2 Å². The van der Waals surface area contributed by atoms with Crippen LogP contribution in [0.15, 0.2) is 116 Å². The number of benzene rings is 3. The van der Waals surface area contributed by atoms with Crippen LogP contribution in [-0.4, -0.2) is 20.7 Å². The number of esters is 1. The molecule has 2 atom stereocenters. The van der Waals surface area contributed by atoms with Crippen LogP contribution < -0.4 is 4.74 Å². The van der Waals surface area contributed by atoms with Gasteiger partial charge in [-0.3, -0.25) is 4.57 Å². The molecule has 1 aliphatic carbocycles. The number of aryl methyl sites for hydroxylation is 2. The number of aromatic hydroxyl groups is 2. The van der Waals surface area contributed by atoms with Crippen LogP contribution in [0.5, 0.6) is 17.5 Å². The highest BCUT2D eigenvalue weighted by atomic mass is 32.1. The number of ether oxygens (including phenoxy) is 2. The highest BCUT2D eigenvalue weighted by Crippen LogP contribution is 2.52. The van der Waals surface area contributed by atoms with Crippen molar-refractivity contribution in [2.24, 2.45) is 0 Å².